The second kappa shape index (κ2) is 7.35. The van der Waals surface area contributed by atoms with Gasteiger partial charge in [0.1, 0.15) is 5.82 Å². The average Bonchev–Trinajstić information content (AvgIpc) is 2.99. The van der Waals surface area contributed by atoms with Crippen molar-refractivity contribution in [2.75, 3.05) is 5.32 Å². The Labute approximate surface area is 174 Å². The van der Waals surface area contributed by atoms with Crippen molar-refractivity contribution in [1.29, 1.82) is 0 Å². The van der Waals surface area contributed by atoms with Crippen LogP contribution in [0.5, 0.6) is 0 Å². The second-order valence-corrected chi connectivity index (χ2v) is 7.24. The fourth-order valence-corrected chi connectivity index (χ4v) is 3.65. The predicted octanol–water partition coefficient (Wildman–Crippen LogP) is 4.55. The molecule has 0 aliphatic heterocycles. The Kier molecular flexibility index (Phi) is 4.86. The molecule has 0 aliphatic carbocycles. The van der Waals surface area contributed by atoms with E-state index in [0.717, 1.165) is 21.0 Å². The van der Waals surface area contributed by atoms with Gasteiger partial charge < -0.3 is 9.73 Å². The first kappa shape index (κ1) is 19.2. The Morgan fingerprint density at radius 2 is 1.93 bits per heavy atom. The lowest BCUT2D eigenvalue weighted by Crippen LogP contribution is -2.16. The van der Waals surface area contributed by atoms with Gasteiger partial charge >= 0.3 is 5.76 Å². The van der Waals surface area contributed by atoms with Gasteiger partial charge in [-0.25, -0.2) is 9.78 Å². The zero-order chi connectivity index (χ0) is 20.7. The van der Waals surface area contributed by atoms with Crippen LogP contribution in [0.4, 0.5) is 5.82 Å². The van der Waals surface area contributed by atoms with Crippen molar-refractivity contribution in [3.8, 4) is 5.69 Å². The minimum atomic E-state index is -0.634. The summed E-state index contributed by atoms with van der Waals surface area (Å²) < 4.78 is 5.95. The number of hydrogen-bond acceptors (Lipinski definition) is 5. The van der Waals surface area contributed by atoms with Crippen LogP contribution in [0.1, 0.15) is 21.8 Å². The number of aryl methyl sites for hydroxylation is 2. The van der Waals surface area contributed by atoms with E-state index in [2.05, 4.69) is 15.4 Å². The number of hydrogen-bond donors (Lipinski definition) is 1. The van der Waals surface area contributed by atoms with Crippen molar-refractivity contribution in [2.24, 2.45) is 0 Å². The molecule has 0 unspecified atom stereocenters. The van der Waals surface area contributed by atoms with E-state index in [1.807, 2.05) is 13.0 Å². The fraction of sp³-hybridized carbons (Fsp3) is 0.100. The summed E-state index contributed by atoms with van der Waals surface area (Å²) in [6.07, 6.45) is 1.59. The number of amides is 1. The van der Waals surface area contributed by atoms with Crippen LogP contribution in [0.25, 0.3) is 16.5 Å². The van der Waals surface area contributed by atoms with E-state index >= 15 is 0 Å². The van der Waals surface area contributed by atoms with Crippen LogP contribution < -0.4 is 11.1 Å². The molecular formula is C20H14Cl2N4O3. The third-order valence-corrected chi connectivity index (χ3v) is 4.88. The topological polar surface area (TPSA) is 90.0 Å². The summed E-state index contributed by atoms with van der Waals surface area (Å²) >= 11 is 12.4. The molecule has 0 saturated carbocycles. The number of benzene rings is 2. The van der Waals surface area contributed by atoms with Crippen molar-refractivity contribution in [3.05, 3.63) is 80.2 Å². The molecule has 146 valence electrons. The number of aromatic nitrogens is 3. The highest BCUT2D eigenvalue weighted by molar-refractivity contribution is 6.34. The smallest absolute Gasteiger partial charge is 0.392 e. The van der Waals surface area contributed by atoms with Crippen LogP contribution in [-0.4, -0.2) is 20.7 Å². The second-order valence-electron chi connectivity index (χ2n) is 6.40. The van der Waals surface area contributed by atoms with Crippen molar-refractivity contribution >= 4 is 45.7 Å². The molecule has 1 amide bonds. The van der Waals surface area contributed by atoms with Gasteiger partial charge in [0.05, 0.1) is 16.3 Å². The summed E-state index contributed by atoms with van der Waals surface area (Å²) in [6, 6.07) is 9.98. The lowest BCUT2D eigenvalue weighted by Gasteiger charge is -2.11. The standard InChI is InChI=1S/C20H14Cl2N4O3/c1-10-7-13(21)8-12-5-6-23-18(17(10)12)24-19(27)15-4-3-14(9-16(15)22)26-20(28)29-11(2)25-26/h3-9H,1-2H3,(H,23,24,27). The molecule has 0 radical (unpaired) electrons. The Bertz CT molecular complexity index is 1330. The number of pyridine rings is 1. The lowest BCUT2D eigenvalue weighted by molar-refractivity contribution is 0.102. The SMILES string of the molecule is Cc1nn(-c2ccc(C(=O)Nc3nccc4cc(Cl)cc(C)c34)c(Cl)c2)c(=O)o1. The van der Waals surface area contributed by atoms with E-state index in [9.17, 15) is 9.59 Å². The zero-order valence-corrected chi connectivity index (χ0v) is 16.9. The van der Waals surface area contributed by atoms with Gasteiger partial charge in [-0.2, -0.15) is 4.68 Å². The molecule has 7 nitrogen and oxygen atoms in total. The molecule has 2 heterocycles. The normalized spacial score (nSPS) is 11.0. The van der Waals surface area contributed by atoms with E-state index in [4.69, 9.17) is 27.6 Å². The van der Waals surface area contributed by atoms with Crippen molar-refractivity contribution in [2.45, 2.75) is 13.8 Å². The van der Waals surface area contributed by atoms with Gasteiger partial charge in [0, 0.05) is 23.5 Å². The molecule has 2 aromatic carbocycles. The molecule has 0 aliphatic rings. The number of carbonyl (C=O) groups is 1. The maximum atomic E-state index is 12.8. The van der Waals surface area contributed by atoms with Crippen LogP contribution in [-0.2, 0) is 0 Å². The number of anilines is 1. The molecule has 2 aromatic heterocycles. The largest absolute Gasteiger partial charge is 0.441 e. The molecule has 1 N–H and O–H groups in total. The van der Waals surface area contributed by atoms with E-state index in [-0.39, 0.29) is 16.5 Å². The van der Waals surface area contributed by atoms with E-state index in [1.165, 1.54) is 12.1 Å². The maximum absolute atomic E-state index is 12.8. The van der Waals surface area contributed by atoms with Gasteiger partial charge in [-0.05, 0) is 54.3 Å². The summed E-state index contributed by atoms with van der Waals surface area (Å²) in [7, 11) is 0. The van der Waals surface area contributed by atoms with E-state index < -0.39 is 11.7 Å². The Morgan fingerprint density at radius 3 is 2.62 bits per heavy atom. The van der Waals surface area contributed by atoms with Crippen molar-refractivity contribution in [3.63, 3.8) is 0 Å². The molecule has 29 heavy (non-hydrogen) atoms. The molecule has 0 atom stereocenters. The van der Waals surface area contributed by atoms with Crippen LogP contribution in [0, 0.1) is 13.8 Å². The van der Waals surface area contributed by atoms with Gasteiger partial charge in [-0.15, -0.1) is 5.10 Å². The van der Waals surface area contributed by atoms with Crippen LogP contribution in [0.2, 0.25) is 10.0 Å². The molecule has 0 saturated heterocycles. The average molecular weight is 429 g/mol. The van der Waals surface area contributed by atoms with Crippen molar-refractivity contribution < 1.29 is 9.21 Å². The van der Waals surface area contributed by atoms with Crippen molar-refractivity contribution in [1.82, 2.24) is 14.8 Å². The number of halogens is 2. The van der Waals surface area contributed by atoms with Gasteiger partial charge in [0.25, 0.3) is 5.91 Å². The Balaban J connectivity index is 1.69. The van der Waals surface area contributed by atoms with Gasteiger partial charge in [-0.1, -0.05) is 23.2 Å². The summed E-state index contributed by atoms with van der Waals surface area (Å²) in [5, 5.41) is 9.19. The minimum absolute atomic E-state index is 0.160. The van der Waals surface area contributed by atoms with Gasteiger partial charge in [0.15, 0.2) is 0 Å². The first-order valence-electron chi connectivity index (χ1n) is 8.56. The third-order valence-electron chi connectivity index (χ3n) is 4.35. The summed E-state index contributed by atoms with van der Waals surface area (Å²) in [5.74, 6) is -0.431. The fourth-order valence-electron chi connectivity index (χ4n) is 3.10. The molecular weight excluding hydrogens is 415 g/mol. The number of carbonyl (C=O) groups excluding carboxylic acids is 1. The highest BCUT2D eigenvalue weighted by atomic mass is 35.5. The van der Waals surface area contributed by atoms with Gasteiger partial charge in [-0.3, -0.25) is 4.79 Å². The zero-order valence-electron chi connectivity index (χ0n) is 15.4. The molecule has 0 bridgehead atoms. The summed E-state index contributed by atoms with van der Waals surface area (Å²) in [6.45, 7) is 3.46. The Morgan fingerprint density at radius 1 is 1.14 bits per heavy atom. The number of nitrogens with one attached hydrogen (secondary N) is 1. The summed E-state index contributed by atoms with van der Waals surface area (Å²) in [4.78, 5) is 28.9. The quantitative estimate of drug-likeness (QED) is 0.516. The lowest BCUT2D eigenvalue weighted by atomic mass is 10.1. The minimum Gasteiger partial charge on any atom is -0.392 e. The Hall–Kier alpha value is -3.16. The van der Waals surface area contributed by atoms with Crippen LogP contribution >= 0.6 is 23.2 Å². The maximum Gasteiger partial charge on any atom is 0.441 e. The molecule has 0 fully saturated rings. The molecule has 4 rings (SSSR count). The van der Waals surface area contributed by atoms with Crippen LogP contribution in [0.3, 0.4) is 0 Å². The van der Waals surface area contributed by atoms with Gasteiger partial charge in [0.2, 0.25) is 5.89 Å². The number of rotatable bonds is 3. The first-order chi connectivity index (χ1) is 13.8. The number of fused-ring (bicyclic) bond motifs is 1. The van der Waals surface area contributed by atoms with E-state index in [0.29, 0.717) is 16.5 Å². The number of nitrogens with zero attached hydrogens (tertiary/aromatic N) is 3. The summed E-state index contributed by atoms with van der Waals surface area (Å²) in [5.41, 5.74) is 1.51. The first-order valence-corrected chi connectivity index (χ1v) is 9.32. The monoisotopic (exact) mass is 428 g/mol. The predicted molar refractivity (Wildman–Crippen MR) is 111 cm³/mol. The van der Waals surface area contributed by atoms with E-state index in [1.54, 1.807) is 31.3 Å². The molecule has 0 spiro atoms. The molecule has 4 aromatic rings. The van der Waals surface area contributed by atoms with Crippen LogP contribution in [0.15, 0.2) is 51.8 Å². The third kappa shape index (κ3) is 3.62. The highest BCUT2D eigenvalue weighted by Gasteiger charge is 2.16. The highest BCUT2D eigenvalue weighted by Crippen LogP contribution is 2.29. The molecule has 9 heteroatoms.